The van der Waals surface area contributed by atoms with E-state index in [0.717, 1.165) is 29.5 Å². The molecule has 0 aliphatic heterocycles. The molecule has 10 nitrogen and oxygen atoms in total. The Kier molecular flexibility index (Phi) is 8.60. The fourth-order valence-electron chi connectivity index (χ4n) is 4.43. The molecule has 0 bridgehead atoms. The van der Waals surface area contributed by atoms with E-state index in [1.807, 2.05) is 30.3 Å². The lowest BCUT2D eigenvalue weighted by molar-refractivity contribution is 0.270. The van der Waals surface area contributed by atoms with Crippen LogP contribution in [0, 0.1) is 28.8 Å². The Morgan fingerprint density at radius 3 is 2.41 bits per heavy atom. The average Bonchev–Trinajstić information content (AvgIpc) is 3.75. The molecule has 0 spiro atoms. The quantitative estimate of drug-likeness (QED) is 0.170. The van der Waals surface area contributed by atoms with Gasteiger partial charge in [0.1, 0.15) is 42.2 Å². The zero-order valence-electron chi connectivity index (χ0n) is 24.1. The van der Waals surface area contributed by atoms with E-state index in [1.54, 1.807) is 13.2 Å². The molecule has 6 aromatic rings. The Bertz CT molecular complexity index is 2040. The van der Waals surface area contributed by atoms with Crippen molar-refractivity contribution in [2.75, 3.05) is 7.11 Å². The van der Waals surface area contributed by atoms with E-state index >= 15 is 8.78 Å². The van der Waals surface area contributed by atoms with E-state index in [2.05, 4.69) is 25.3 Å². The molecule has 0 saturated heterocycles. The van der Waals surface area contributed by atoms with Crippen molar-refractivity contribution in [3.8, 4) is 46.4 Å². The van der Waals surface area contributed by atoms with E-state index in [4.69, 9.17) is 24.0 Å². The van der Waals surface area contributed by atoms with Gasteiger partial charge in [-0.25, -0.2) is 23.1 Å². The summed E-state index contributed by atoms with van der Waals surface area (Å²) in [5, 5.41) is 19.6. The van der Waals surface area contributed by atoms with Crippen LogP contribution in [0.2, 0.25) is 0 Å². The first-order valence-corrected chi connectivity index (χ1v) is 13.8. The SMILES string of the molecule is COc1ccc(COc2cc(-c3n[nH]c(Cc4cc(F)c(-c5cccc(OCc6ccc(C#N)cc6F)n5)cc4F)n3)on2)cc1. The minimum Gasteiger partial charge on any atom is -0.497 e. The molecular weight excluding hydrogens is 601 g/mol. The van der Waals surface area contributed by atoms with Crippen molar-refractivity contribution in [2.45, 2.75) is 19.6 Å². The number of benzene rings is 3. The minimum atomic E-state index is -0.715. The number of methoxy groups -OCH3 is 1. The average molecular weight is 625 g/mol. The number of nitrogens with one attached hydrogen (secondary N) is 1. The highest BCUT2D eigenvalue weighted by atomic mass is 19.1. The van der Waals surface area contributed by atoms with E-state index < -0.39 is 17.5 Å². The maximum absolute atomic E-state index is 15.2. The maximum atomic E-state index is 15.2. The minimum absolute atomic E-state index is 0.0359. The van der Waals surface area contributed by atoms with Crippen LogP contribution in [0.4, 0.5) is 13.2 Å². The highest BCUT2D eigenvalue weighted by Gasteiger charge is 2.18. The van der Waals surface area contributed by atoms with Crippen LogP contribution in [0.25, 0.3) is 22.8 Å². The van der Waals surface area contributed by atoms with Crippen LogP contribution in [0.5, 0.6) is 17.5 Å². The van der Waals surface area contributed by atoms with Crippen molar-refractivity contribution in [3.05, 3.63) is 124 Å². The van der Waals surface area contributed by atoms with Gasteiger partial charge < -0.3 is 18.7 Å². The highest BCUT2D eigenvalue weighted by molar-refractivity contribution is 5.61. The third-order valence-electron chi connectivity index (χ3n) is 6.84. The van der Waals surface area contributed by atoms with Crippen LogP contribution >= 0.6 is 0 Å². The van der Waals surface area contributed by atoms with Crippen molar-refractivity contribution in [3.63, 3.8) is 0 Å². The van der Waals surface area contributed by atoms with Gasteiger partial charge in [0.05, 0.1) is 30.5 Å². The molecule has 3 aromatic heterocycles. The fraction of sp³-hybridized carbons (Fsp3) is 0.121. The molecule has 0 radical (unpaired) electrons. The predicted octanol–water partition coefficient (Wildman–Crippen LogP) is 6.57. The summed E-state index contributed by atoms with van der Waals surface area (Å²) < 4.78 is 66.3. The first-order valence-electron chi connectivity index (χ1n) is 13.8. The van der Waals surface area contributed by atoms with Crippen LogP contribution in [-0.4, -0.2) is 32.4 Å². The standard InChI is InChI=1S/C33H23F3N6O4/c1-43-23-9-6-19(7-10-23)17-44-32-15-29(46-42-32)33-39-30(40-41-33)13-22-12-27(36)24(14-26(22)35)28-3-2-4-31(38-28)45-18-21-8-5-20(16-37)11-25(21)34/h2-12,14-15H,13,17-18H2,1H3,(H,39,40,41). The van der Waals surface area contributed by atoms with Crippen LogP contribution in [0.3, 0.4) is 0 Å². The number of aromatic nitrogens is 5. The van der Waals surface area contributed by atoms with Crippen LogP contribution < -0.4 is 14.2 Å². The van der Waals surface area contributed by atoms with Crippen LogP contribution in [-0.2, 0) is 19.6 Å². The summed E-state index contributed by atoms with van der Waals surface area (Å²) in [7, 11) is 1.59. The number of nitrogens with zero attached hydrogens (tertiary/aromatic N) is 5. The lowest BCUT2D eigenvalue weighted by Gasteiger charge is -2.10. The maximum Gasteiger partial charge on any atom is 0.255 e. The first kappa shape index (κ1) is 29.9. The van der Waals surface area contributed by atoms with Gasteiger partial charge in [-0.05, 0) is 58.7 Å². The van der Waals surface area contributed by atoms with Crippen molar-refractivity contribution in [1.29, 1.82) is 5.26 Å². The molecule has 0 aliphatic carbocycles. The van der Waals surface area contributed by atoms with Gasteiger partial charge >= 0.3 is 0 Å². The van der Waals surface area contributed by atoms with Gasteiger partial charge in [0.25, 0.3) is 5.88 Å². The smallest absolute Gasteiger partial charge is 0.255 e. The molecule has 13 heteroatoms. The molecule has 0 atom stereocenters. The number of aromatic amines is 1. The molecule has 0 amide bonds. The molecule has 3 aromatic carbocycles. The summed E-state index contributed by atoms with van der Waals surface area (Å²) in [6.45, 7) is 0.0799. The zero-order valence-corrected chi connectivity index (χ0v) is 24.1. The molecule has 230 valence electrons. The van der Waals surface area contributed by atoms with Crippen LogP contribution in [0.1, 0.15) is 28.1 Å². The van der Waals surface area contributed by atoms with Crippen molar-refractivity contribution in [2.24, 2.45) is 0 Å². The van der Waals surface area contributed by atoms with Crippen molar-refractivity contribution in [1.82, 2.24) is 25.3 Å². The molecule has 46 heavy (non-hydrogen) atoms. The highest BCUT2D eigenvalue weighted by Crippen LogP contribution is 2.28. The van der Waals surface area contributed by atoms with Gasteiger partial charge in [-0.3, -0.25) is 5.10 Å². The second kappa shape index (κ2) is 13.2. The van der Waals surface area contributed by atoms with E-state index in [0.29, 0.717) is 0 Å². The van der Waals surface area contributed by atoms with Gasteiger partial charge in [-0.2, -0.15) is 5.26 Å². The van der Waals surface area contributed by atoms with Gasteiger partial charge in [0.2, 0.25) is 17.5 Å². The summed E-state index contributed by atoms with van der Waals surface area (Å²) in [5.74, 6) is -0.294. The Balaban J connectivity index is 1.10. The molecular formula is C33H23F3N6O4. The van der Waals surface area contributed by atoms with Crippen molar-refractivity contribution < 1.29 is 31.9 Å². The normalized spacial score (nSPS) is 10.8. The number of nitriles is 1. The topological polar surface area (TPSA) is 132 Å². The van der Waals surface area contributed by atoms with E-state index in [1.165, 1.54) is 30.3 Å². The third-order valence-corrected chi connectivity index (χ3v) is 6.84. The summed E-state index contributed by atoms with van der Waals surface area (Å²) >= 11 is 0. The number of pyridine rings is 1. The Morgan fingerprint density at radius 1 is 0.826 bits per heavy atom. The number of rotatable bonds is 11. The van der Waals surface area contributed by atoms with Gasteiger partial charge in [0.15, 0.2) is 0 Å². The summed E-state index contributed by atoms with van der Waals surface area (Å²) in [5.41, 5.74) is 1.37. The largest absolute Gasteiger partial charge is 0.497 e. The molecule has 0 fully saturated rings. The summed E-state index contributed by atoms with van der Waals surface area (Å²) in [6, 6.07) is 21.4. The Labute approximate surface area is 260 Å². The molecule has 0 unspecified atom stereocenters. The zero-order chi connectivity index (χ0) is 32.0. The van der Waals surface area contributed by atoms with Gasteiger partial charge in [0, 0.05) is 23.6 Å². The molecule has 0 saturated carbocycles. The van der Waals surface area contributed by atoms with Crippen LogP contribution in [0.15, 0.2) is 83.4 Å². The molecule has 0 aliphatic rings. The van der Waals surface area contributed by atoms with E-state index in [-0.39, 0.29) is 76.8 Å². The predicted molar refractivity (Wildman–Crippen MR) is 157 cm³/mol. The number of H-pyrrole nitrogens is 1. The lowest BCUT2D eigenvalue weighted by Crippen LogP contribution is -2.02. The number of hydrogen-bond acceptors (Lipinski definition) is 9. The lowest BCUT2D eigenvalue weighted by atomic mass is 10.0. The number of hydrogen-bond donors (Lipinski definition) is 1. The van der Waals surface area contributed by atoms with Gasteiger partial charge in [-0.15, -0.1) is 5.10 Å². The fourth-order valence-corrected chi connectivity index (χ4v) is 4.43. The van der Waals surface area contributed by atoms with E-state index in [9.17, 15) is 4.39 Å². The van der Waals surface area contributed by atoms with Crippen molar-refractivity contribution >= 4 is 0 Å². The second-order valence-corrected chi connectivity index (χ2v) is 9.94. The third kappa shape index (κ3) is 6.81. The second-order valence-electron chi connectivity index (χ2n) is 9.94. The molecule has 3 heterocycles. The Morgan fingerprint density at radius 2 is 1.63 bits per heavy atom. The molecule has 1 N–H and O–H groups in total. The number of halogens is 3. The first-order chi connectivity index (χ1) is 22.4. The monoisotopic (exact) mass is 624 g/mol. The Hall–Kier alpha value is -6.16. The summed E-state index contributed by atoms with van der Waals surface area (Å²) in [4.78, 5) is 8.57. The van der Waals surface area contributed by atoms with Gasteiger partial charge in [-0.1, -0.05) is 24.3 Å². The molecule has 6 rings (SSSR count). The number of ether oxygens (including phenoxy) is 3. The summed E-state index contributed by atoms with van der Waals surface area (Å²) in [6.07, 6.45) is -0.0856.